The van der Waals surface area contributed by atoms with Crippen LogP contribution in [0.1, 0.15) is 0 Å². The second-order valence-electron chi connectivity index (χ2n) is 0.192. The van der Waals surface area contributed by atoms with Crippen molar-refractivity contribution in [3.05, 3.63) is 0 Å². The Hall–Kier alpha value is 1.46. The van der Waals surface area contributed by atoms with Crippen molar-refractivity contribution >= 4 is 88.4 Å². The number of rotatable bonds is 0. The molecule has 0 bridgehead atoms. The molecule has 0 spiro atoms. The molecule has 0 fully saturated rings. The number of carbonyl (C=O) groups is 2. The van der Waals surface area contributed by atoms with Crippen molar-refractivity contribution in [1.29, 1.82) is 0 Å². The van der Waals surface area contributed by atoms with Crippen LogP contribution in [-0.2, 0) is 9.59 Å². The van der Waals surface area contributed by atoms with E-state index in [2.05, 4.69) is 0 Å². The fourth-order valence-electron chi connectivity index (χ4n) is 0. The molecule has 0 unspecified atom stereocenters. The molecule has 0 aliphatic rings. The Morgan fingerprint density at radius 1 is 0.875 bits per heavy atom. The Morgan fingerprint density at radius 2 is 0.875 bits per heavy atom. The first kappa shape index (κ1) is 22.7. The number of hydrogen-bond donors (Lipinski definition) is 0. The van der Waals surface area contributed by atoms with Gasteiger partial charge in [-0.1, -0.05) is 0 Å². The molecule has 0 radical (unpaired) electrons. The summed E-state index contributed by atoms with van der Waals surface area (Å²) in [6.07, 6.45) is 0. The minimum atomic E-state index is -0.500. The second kappa shape index (κ2) is 39.3. The summed E-state index contributed by atoms with van der Waals surface area (Å²) in [6, 6.07) is 0. The minimum Gasteiger partial charge on any atom is -0.554 e. The summed E-state index contributed by atoms with van der Waals surface area (Å²) in [5, 5.41) is 16.5. The molecule has 0 aromatic rings. The molecule has 8 heavy (non-hydrogen) atoms. The molecule has 0 saturated carbocycles. The molecular formula is C2H2Ca2O4+2. The summed E-state index contributed by atoms with van der Waals surface area (Å²) in [6.45, 7) is -1.00. The van der Waals surface area contributed by atoms with E-state index in [4.69, 9.17) is 19.8 Å². The molecule has 0 atom stereocenters. The van der Waals surface area contributed by atoms with Crippen molar-refractivity contribution in [2.24, 2.45) is 0 Å². The summed E-state index contributed by atoms with van der Waals surface area (Å²) < 4.78 is 0. The van der Waals surface area contributed by atoms with Crippen molar-refractivity contribution < 1.29 is 19.8 Å². The summed E-state index contributed by atoms with van der Waals surface area (Å²) >= 11 is 0. The largest absolute Gasteiger partial charge is 2.00 e. The van der Waals surface area contributed by atoms with Crippen molar-refractivity contribution in [3.8, 4) is 0 Å². The Morgan fingerprint density at radius 3 is 0.875 bits per heavy atom. The molecule has 0 aliphatic carbocycles. The third-order valence-electron chi connectivity index (χ3n) is 0. The van der Waals surface area contributed by atoms with Gasteiger partial charge in [0.2, 0.25) is 0 Å². The van der Waals surface area contributed by atoms with E-state index in [0.29, 0.717) is 0 Å². The smallest absolute Gasteiger partial charge is 0.554 e. The zero-order valence-electron chi connectivity index (χ0n) is 4.20. The molecule has 36 valence electrons. The first-order valence-electron chi connectivity index (χ1n) is 0.943. The Balaban J connectivity index is -0.0000000160. The fraction of sp³-hybridized carbons (Fsp3) is 0. The van der Waals surface area contributed by atoms with Gasteiger partial charge < -0.3 is 19.8 Å². The minimum absolute atomic E-state index is 0. The van der Waals surface area contributed by atoms with Gasteiger partial charge in [0, 0.05) is 12.9 Å². The van der Waals surface area contributed by atoms with Crippen LogP contribution in [0.15, 0.2) is 0 Å². The van der Waals surface area contributed by atoms with Crippen LogP contribution < -0.4 is 10.2 Å². The average molecular weight is 170 g/mol. The maximum absolute atomic E-state index is 8.25. The summed E-state index contributed by atoms with van der Waals surface area (Å²) in [5.74, 6) is 0. The molecule has 0 aromatic heterocycles. The summed E-state index contributed by atoms with van der Waals surface area (Å²) in [7, 11) is 0. The third kappa shape index (κ3) is 146. The van der Waals surface area contributed by atoms with Crippen molar-refractivity contribution in [2.45, 2.75) is 0 Å². The maximum Gasteiger partial charge on any atom is 2.00 e. The van der Waals surface area contributed by atoms with Crippen LogP contribution in [0.4, 0.5) is 0 Å². The molecule has 0 saturated heterocycles. The second-order valence-corrected chi connectivity index (χ2v) is 0.192. The molecule has 0 N–H and O–H groups in total. The third-order valence-corrected chi connectivity index (χ3v) is 0. The Kier molecular flexibility index (Phi) is 112. The zero-order chi connectivity index (χ0) is 5.41. The summed E-state index contributed by atoms with van der Waals surface area (Å²) in [4.78, 5) is 16.5. The van der Waals surface area contributed by atoms with E-state index < -0.39 is 12.9 Å². The predicted molar refractivity (Wildman–Crippen MR) is 23.6 cm³/mol. The van der Waals surface area contributed by atoms with Crippen LogP contribution in [0, 0.1) is 0 Å². The quantitative estimate of drug-likeness (QED) is 0.274. The van der Waals surface area contributed by atoms with Gasteiger partial charge >= 0.3 is 75.5 Å². The van der Waals surface area contributed by atoms with Gasteiger partial charge in [-0.3, -0.25) is 0 Å². The summed E-state index contributed by atoms with van der Waals surface area (Å²) in [5.41, 5.74) is 0. The van der Waals surface area contributed by atoms with Gasteiger partial charge in [0.1, 0.15) is 0 Å². The Labute approximate surface area is 106 Å². The fourth-order valence-corrected chi connectivity index (χ4v) is 0. The van der Waals surface area contributed by atoms with Gasteiger partial charge in [0.15, 0.2) is 0 Å². The van der Waals surface area contributed by atoms with E-state index in [1.165, 1.54) is 0 Å². The molecule has 0 aromatic carbocycles. The van der Waals surface area contributed by atoms with Gasteiger partial charge in [-0.05, 0) is 0 Å². The standard InChI is InChI=1S/2CH2O2.2Ca/c2*2-1-3;;/h2*1H,(H,2,3);;/q;;2*+2/p-2. The predicted octanol–water partition coefficient (Wildman–Crippen LogP) is -4.03. The maximum atomic E-state index is 8.25. The molecule has 0 rings (SSSR count). The van der Waals surface area contributed by atoms with E-state index >= 15 is 0 Å². The van der Waals surface area contributed by atoms with Crippen molar-refractivity contribution in [2.75, 3.05) is 0 Å². The first-order chi connectivity index (χ1) is 2.83. The van der Waals surface area contributed by atoms with E-state index in [1.54, 1.807) is 0 Å². The van der Waals surface area contributed by atoms with Crippen LogP contribution >= 0.6 is 0 Å². The SMILES string of the molecule is O=C[O-].O=C[O-].[Ca+2].[Ca+2]. The number of carbonyl (C=O) groups excluding carboxylic acids is 2. The molecule has 0 heterocycles. The van der Waals surface area contributed by atoms with Gasteiger partial charge in [0.05, 0.1) is 0 Å². The average Bonchev–Trinajstić information content (AvgIpc) is 1.39. The van der Waals surface area contributed by atoms with Crippen LogP contribution in [0.3, 0.4) is 0 Å². The topological polar surface area (TPSA) is 80.3 Å². The molecule has 6 heteroatoms. The van der Waals surface area contributed by atoms with E-state index in [1.807, 2.05) is 0 Å². The van der Waals surface area contributed by atoms with Gasteiger partial charge in [-0.25, -0.2) is 0 Å². The zero-order valence-corrected chi connectivity index (χ0v) is 8.62. The van der Waals surface area contributed by atoms with Crippen LogP contribution in [0.25, 0.3) is 0 Å². The van der Waals surface area contributed by atoms with E-state index in [-0.39, 0.29) is 75.5 Å². The van der Waals surface area contributed by atoms with Gasteiger partial charge in [0.25, 0.3) is 0 Å². The number of carboxylic acid groups (broad SMARTS) is 2. The van der Waals surface area contributed by atoms with Crippen LogP contribution in [-0.4, -0.2) is 88.4 Å². The van der Waals surface area contributed by atoms with Crippen molar-refractivity contribution in [3.63, 3.8) is 0 Å². The van der Waals surface area contributed by atoms with Crippen LogP contribution in [0.2, 0.25) is 0 Å². The molecule has 0 amide bonds. The van der Waals surface area contributed by atoms with Crippen LogP contribution in [0.5, 0.6) is 0 Å². The van der Waals surface area contributed by atoms with E-state index in [0.717, 1.165) is 0 Å². The van der Waals surface area contributed by atoms with Crippen molar-refractivity contribution in [1.82, 2.24) is 0 Å². The van der Waals surface area contributed by atoms with E-state index in [9.17, 15) is 0 Å². The normalized spacial score (nSPS) is 3.00. The number of hydrogen-bond acceptors (Lipinski definition) is 4. The van der Waals surface area contributed by atoms with Gasteiger partial charge in [-0.15, -0.1) is 0 Å². The van der Waals surface area contributed by atoms with Gasteiger partial charge in [-0.2, -0.15) is 0 Å². The molecule has 4 nitrogen and oxygen atoms in total. The molecule has 0 aliphatic heterocycles. The Bertz CT molecular complexity index is 33.0. The molecular weight excluding hydrogens is 168 g/mol. The first-order valence-corrected chi connectivity index (χ1v) is 0.943. The monoisotopic (exact) mass is 170 g/mol.